The number of benzene rings is 2. The van der Waals surface area contributed by atoms with Crippen LogP contribution in [0.25, 0.3) is 0 Å². The minimum atomic E-state index is 0.358. The third-order valence-corrected chi connectivity index (χ3v) is 5.54. The van der Waals surface area contributed by atoms with Gasteiger partial charge in [0.25, 0.3) is 0 Å². The molecule has 0 aromatic heterocycles. The predicted octanol–water partition coefficient (Wildman–Crippen LogP) is 6.36. The van der Waals surface area contributed by atoms with Crippen molar-refractivity contribution in [2.75, 3.05) is 0 Å². The van der Waals surface area contributed by atoms with Crippen LogP contribution in [0.15, 0.2) is 34.8 Å². The van der Waals surface area contributed by atoms with Crippen molar-refractivity contribution in [3.63, 3.8) is 0 Å². The highest BCUT2D eigenvalue weighted by atomic mass is 79.9. The molecule has 0 aliphatic heterocycles. The number of hydrogen-bond donors (Lipinski definition) is 0. The van der Waals surface area contributed by atoms with Gasteiger partial charge in [-0.05, 0) is 73.6 Å². The van der Waals surface area contributed by atoms with Crippen molar-refractivity contribution in [2.24, 2.45) is 0 Å². The van der Waals surface area contributed by atoms with E-state index < -0.39 is 0 Å². The molecule has 0 saturated carbocycles. The van der Waals surface area contributed by atoms with Gasteiger partial charge in [0.05, 0.1) is 0 Å². The highest BCUT2D eigenvalue weighted by Gasteiger charge is 2.13. The average molecular weight is 396 g/mol. The van der Waals surface area contributed by atoms with Crippen LogP contribution in [0.2, 0.25) is 0 Å². The molecule has 0 aliphatic carbocycles. The molecule has 0 aliphatic rings. The quantitative estimate of drug-likeness (QED) is 0.530. The van der Waals surface area contributed by atoms with Crippen molar-refractivity contribution in [1.29, 1.82) is 0 Å². The van der Waals surface area contributed by atoms with Crippen LogP contribution >= 0.6 is 31.9 Å². The summed E-state index contributed by atoms with van der Waals surface area (Å²) < 4.78 is 1.18. The standard InChI is InChI=1S/C18H20Br2/c1-11-5-6-15(7-12(11)2)10-18(20)16-8-14(4)17(19)9-13(16)3/h5-9,18H,10H2,1-4H3. The summed E-state index contributed by atoms with van der Waals surface area (Å²) >= 11 is 7.46. The van der Waals surface area contributed by atoms with Crippen molar-refractivity contribution in [1.82, 2.24) is 0 Å². The van der Waals surface area contributed by atoms with Crippen molar-refractivity contribution in [2.45, 2.75) is 38.9 Å². The molecule has 1 atom stereocenters. The van der Waals surface area contributed by atoms with Crippen LogP contribution in [0.5, 0.6) is 0 Å². The predicted molar refractivity (Wildman–Crippen MR) is 94.9 cm³/mol. The Bertz CT molecular complexity index is 630. The third kappa shape index (κ3) is 3.53. The second-order valence-electron chi connectivity index (χ2n) is 5.55. The Labute approximate surface area is 138 Å². The molecule has 0 N–H and O–H groups in total. The van der Waals surface area contributed by atoms with Crippen LogP contribution in [0.1, 0.15) is 38.2 Å². The Morgan fingerprint density at radius 2 is 1.55 bits per heavy atom. The highest BCUT2D eigenvalue weighted by molar-refractivity contribution is 9.10. The molecule has 0 radical (unpaired) electrons. The fourth-order valence-corrected chi connectivity index (χ4v) is 3.71. The van der Waals surface area contributed by atoms with Crippen LogP contribution < -0.4 is 0 Å². The van der Waals surface area contributed by atoms with Gasteiger partial charge in [0.15, 0.2) is 0 Å². The van der Waals surface area contributed by atoms with Crippen molar-refractivity contribution >= 4 is 31.9 Å². The van der Waals surface area contributed by atoms with Gasteiger partial charge in [0, 0.05) is 9.30 Å². The molecule has 2 heteroatoms. The second kappa shape index (κ2) is 6.44. The summed E-state index contributed by atoms with van der Waals surface area (Å²) in [6.07, 6.45) is 1.02. The minimum Gasteiger partial charge on any atom is -0.0835 e. The van der Waals surface area contributed by atoms with E-state index in [0.29, 0.717) is 4.83 Å². The van der Waals surface area contributed by atoms with E-state index in [0.717, 1.165) is 6.42 Å². The van der Waals surface area contributed by atoms with E-state index in [1.807, 2.05) is 0 Å². The van der Waals surface area contributed by atoms with Crippen LogP contribution in [-0.2, 0) is 6.42 Å². The van der Waals surface area contributed by atoms with Gasteiger partial charge >= 0.3 is 0 Å². The zero-order chi connectivity index (χ0) is 14.9. The Kier molecular flexibility index (Phi) is 5.09. The van der Waals surface area contributed by atoms with Crippen LogP contribution in [0.3, 0.4) is 0 Å². The normalized spacial score (nSPS) is 12.5. The Morgan fingerprint density at radius 3 is 2.20 bits per heavy atom. The maximum absolute atomic E-state index is 3.86. The molecule has 0 bridgehead atoms. The lowest BCUT2D eigenvalue weighted by molar-refractivity contribution is 0.932. The minimum absolute atomic E-state index is 0.358. The van der Waals surface area contributed by atoms with Crippen molar-refractivity contribution in [3.8, 4) is 0 Å². The van der Waals surface area contributed by atoms with Gasteiger partial charge in [0.2, 0.25) is 0 Å². The van der Waals surface area contributed by atoms with E-state index in [-0.39, 0.29) is 0 Å². The number of halogens is 2. The van der Waals surface area contributed by atoms with Gasteiger partial charge in [-0.15, -0.1) is 0 Å². The number of rotatable bonds is 3. The summed E-state index contributed by atoms with van der Waals surface area (Å²) in [4.78, 5) is 0.358. The topological polar surface area (TPSA) is 0 Å². The molecular weight excluding hydrogens is 376 g/mol. The zero-order valence-corrected chi connectivity index (χ0v) is 15.6. The zero-order valence-electron chi connectivity index (χ0n) is 12.4. The largest absolute Gasteiger partial charge is 0.0835 e. The van der Waals surface area contributed by atoms with Gasteiger partial charge in [-0.2, -0.15) is 0 Å². The smallest absolute Gasteiger partial charge is 0.0438 e. The van der Waals surface area contributed by atoms with Gasteiger partial charge in [-0.3, -0.25) is 0 Å². The van der Waals surface area contributed by atoms with E-state index in [4.69, 9.17) is 0 Å². The van der Waals surface area contributed by atoms with Crippen molar-refractivity contribution in [3.05, 3.63) is 68.2 Å². The first-order chi connectivity index (χ1) is 9.38. The average Bonchev–Trinajstić information content (AvgIpc) is 2.38. The Morgan fingerprint density at radius 1 is 0.850 bits per heavy atom. The lowest BCUT2D eigenvalue weighted by Gasteiger charge is -2.16. The fraction of sp³-hybridized carbons (Fsp3) is 0.333. The molecule has 0 amide bonds. The summed E-state index contributed by atoms with van der Waals surface area (Å²) in [5.74, 6) is 0. The van der Waals surface area contributed by atoms with Crippen LogP contribution in [0, 0.1) is 27.7 Å². The maximum atomic E-state index is 3.86. The molecule has 2 aromatic rings. The number of alkyl halides is 1. The molecule has 0 heterocycles. The van der Waals surface area contributed by atoms with E-state index >= 15 is 0 Å². The molecule has 0 saturated heterocycles. The lowest BCUT2D eigenvalue weighted by atomic mass is 9.97. The van der Waals surface area contributed by atoms with Gasteiger partial charge < -0.3 is 0 Å². The Balaban J connectivity index is 2.25. The maximum Gasteiger partial charge on any atom is 0.0438 e. The summed E-state index contributed by atoms with van der Waals surface area (Å²) in [6.45, 7) is 8.65. The molecule has 20 heavy (non-hydrogen) atoms. The summed E-state index contributed by atoms with van der Waals surface area (Å²) in [6, 6.07) is 11.2. The number of hydrogen-bond acceptors (Lipinski definition) is 0. The molecule has 2 rings (SSSR count). The fourth-order valence-electron chi connectivity index (χ4n) is 2.39. The molecular formula is C18H20Br2. The first-order valence-electron chi connectivity index (χ1n) is 6.85. The highest BCUT2D eigenvalue weighted by Crippen LogP contribution is 2.33. The third-order valence-electron chi connectivity index (χ3n) is 3.87. The summed E-state index contributed by atoms with van der Waals surface area (Å²) in [5, 5.41) is 0. The Hall–Kier alpha value is -0.600. The SMILES string of the molecule is Cc1ccc(CC(Br)c2cc(C)c(Br)cc2C)cc1C. The van der Waals surface area contributed by atoms with Gasteiger partial charge in [0.1, 0.15) is 0 Å². The monoisotopic (exact) mass is 394 g/mol. The molecule has 1 unspecified atom stereocenters. The van der Waals surface area contributed by atoms with Crippen LogP contribution in [-0.4, -0.2) is 0 Å². The number of aryl methyl sites for hydroxylation is 4. The summed E-state index contributed by atoms with van der Waals surface area (Å²) in [7, 11) is 0. The van der Waals surface area contributed by atoms with Gasteiger partial charge in [-0.25, -0.2) is 0 Å². The lowest BCUT2D eigenvalue weighted by Crippen LogP contribution is -2.00. The van der Waals surface area contributed by atoms with E-state index in [9.17, 15) is 0 Å². The molecule has 0 fully saturated rings. The van der Waals surface area contributed by atoms with Gasteiger partial charge in [-0.1, -0.05) is 56.1 Å². The molecule has 0 nitrogen and oxygen atoms in total. The van der Waals surface area contributed by atoms with Crippen LogP contribution in [0.4, 0.5) is 0 Å². The van der Waals surface area contributed by atoms with E-state index in [2.05, 4.69) is 89.9 Å². The van der Waals surface area contributed by atoms with E-state index in [1.54, 1.807) is 0 Å². The summed E-state index contributed by atoms with van der Waals surface area (Å²) in [5.41, 5.74) is 8.10. The van der Waals surface area contributed by atoms with Crippen molar-refractivity contribution < 1.29 is 0 Å². The molecule has 0 spiro atoms. The second-order valence-corrected chi connectivity index (χ2v) is 7.51. The molecule has 2 aromatic carbocycles. The first kappa shape index (κ1) is 15.8. The first-order valence-corrected chi connectivity index (χ1v) is 8.56. The molecule has 106 valence electrons. The van der Waals surface area contributed by atoms with E-state index in [1.165, 1.54) is 37.9 Å².